The van der Waals surface area contributed by atoms with Crippen molar-refractivity contribution in [3.8, 4) is 0 Å². The molecule has 0 unspecified atom stereocenters. The fourth-order valence-electron chi connectivity index (χ4n) is 1.25. The van der Waals surface area contributed by atoms with Gasteiger partial charge in [0, 0.05) is 18.7 Å². The lowest BCUT2D eigenvalue weighted by molar-refractivity contribution is -0.387. The maximum Gasteiger partial charge on any atom is 0.304 e. The lowest BCUT2D eigenvalue weighted by Gasteiger charge is -2.20. The molecule has 0 saturated carbocycles. The van der Waals surface area contributed by atoms with Crippen LogP contribution in [0.5, 0.6) is 0 Å². The number of hydrogen-bond acceptors (Lipinski definition) is 5. The summed E-state index contributed by atoms with van der Waals surface area (Å²) in [7, 11) is -4.11. The van der Waals surface area contributed by atoms with Crippen LogP contribution in [0.3, 0.4) is 0 Å². The number of rotatable bonds is 6. The molecule has 0 aromatic heterocycles. The first kappa shape index (κ1) is 17.0. The minimum atomic E-state index is -4.11. The van der Waals surface area contributed by atoms with Crippen molar-refractivity contribution < 1.29 is 22.5 Å². The zero-order valence-corrected chi connectivity index (χ0v) is 12.1. The highest BCUT2D eigenvalue weighted by molar-refractivity contribution is 7.89. The summed E-state index contributed by atoms with van der Waals surface area (Å²) in [6.45, 7) is 2.59. The van der Waals surface area contributed by atoms with Crippen molar-refractivity contribution in [2.24, 2.45) is 11.1 Å². The Kier molecular flexibility index (Phi) is 4.64. The molecule has 3 N–H and O–H groups in total. The Hall–Kier alpha value is -2.07. The maximum absolute atomic E-state index is 13.4. The number of carbonyl (C=O) groups excluding carboxylic acids is 1. The van der Waals surface area contributed by atoms with E-state index in [1.165, 1.54) is 13.8 Å². The number of nitrogens with two attached hydrogens (primary N) is 1. The van der Waals surface area contributed by atoms with E-state index in [-0.39, 0.29) is 6.54 Å². The van der Waals surface area contributed by atoms with E-state index < -0.39 is 42.7 Å². The van der Waals surface area contributed by atoms with Gasteiger partial charge >= 0.3 is 5.69 Å². The number of benzene rings is 1. The standard InChI is InChI=1S/C11H14FN3O5S/c1-11(2,10(13)16)6-14-21(19,20)7-3-4-9(15(17)18)8(12)5-7/h3-5,14H,6H2,1-2H3,(H2,13,16). The molecule has 1 aromatic rings. The minimum Gasteiger partial charge on any atom is -0.369 e. The van der Waals surface area contributed by atoms with Gasteiger partial charge in [-0.2, -0.15) is 4.39 Å². The molecule has 0 saturated heterocycles. The molecule has 0 atom stereocenters. The van der Waals surface area contributed by atoms with Crippen LogP contribution in [-0.4, -0.2) is 25.8 Å². The van der Waals surface area contributed by atoms with Gasteiger partial charge < -0.3 is 5.73 Å². The van der Waals surface area contributed by atoms with Crippen LogP contribution in [0.25, 0.3) is 0 Å². The number of primary amides is 1. The van der Waals surface area contributed by atoms with Crippen molar-refractivity contribution in [1.29, 1.82) is 0 Å². The number of nitro groups is 1. The van der Waals surface area contributed by atoms with Crippen molar-refractivity contribution in [3.05, 3.63) is 34.1 Å². The van der Waals surface area contributed by atoms with Gasteiger partial charge in [-0.3, -0.25) is 14.9 Å². The number of nitro benzene ring substituents is 1. The molecule has 10 heteroatoms. The molecule has 8 nitrogen and oxygen atoms in total. The summed E-state index contributed by atoms with van der Waals surface area (Å²) < 4.78 is 39.4. The van der Waals surface area contributed by atoms with Crippen molar-refractivity contribution in [2.45, 2.75) is 18.7 Å². The first-order valence-electron chi connectivity index (χ1n) is 5.71. The van der Waals surface area contributed by atoms with Gasteiger partial charge in [0.1, 0.15) is 0 Å². The summed E-state index contributed by atoms with van der Waals surface area (Å²) in [5.74, 6) is -1.97. The predicted molar refractivity (Wildman–Crippen MR) is 71.2 cm³/mol. The molecule has 0 bridgehead atoms. The highest BCUT2D eigenvalue weighted by atomic mass is 32.2. The Morgan fingerprint density at radius 2 is 2.05 bits per heavy atom. The first-order valence-corrected chi connectivity index (χ1v) is 7.19. The van der Waals surface area contributed by atoms with Crippen LogP contribution in [0.2, 0.25) is 0 Å². The lowest BCUT2D eigenvalue weighted by Crippen LogP contribution is -2.42. The van der Waals surface area contributed by atoms with E-state index in [1.807, 2.05) is 0 Å². The molecule has 116 valence electrons. The fourth-order valence-corrected chi connectivity index (χ4v) is 2.47. The monoisotopic (exact) mass is 319 g/mol. The summed E-state index contributed by atoms with van der Waals surface area (Å²) in [4.78, 5) is 20.1. The third-order valence-electron chi connectivity index (χ3n) is 2.80. The predicted octanol–water partition coefficient (Wildman–Crippen LogP) is 0.524. The van der Waals surface area contributed by atoms with E-state index in [4.69, 9.17) is 5.73 Å². The van der Waals surface area contributed by atoms with Crippen molar-refractivity contribution in [2.75, 3.05) is 6.54 Å². The number of hydrogen-bond donors (Lipinski definition) is 2. The van der Waals surface area contributed by atoms with Crippen LogP contribution in [0.15, 0.2) is 23.1 Å². The van der Waals surface area contributed by atoms with Gasteiger partial charge in [-0.15, -0.1) is 0 Å². The smallest absolute Gasteiger partial charge is 0.304 e. The second-order valence-electron chi connectivity index (χ2n) is 4.94. The maximum atomic E-state index is 13.4. The summed E-state index contributed by atoms with van der Waals surface area (Å²) in [5, 5.41) is 10.5. The topological polar surface area (TPSA) is 132 Å². The first-order chi connectivity index (χ1) is 9.47. The van der Waals surface area contributed by atoms with Gasteiger partial charge in [0.2, 0.25) is 21.7 Å². The fraction of sp³-hybridized carbons (Fsp3) is 0.364. The summed E-state index contributed by atoms with van der Waals surface area (Å²) in [6, 6.07) is 2.20. The highest BCUT2D eigenvalue weighted by Crippen LogP contribution is 2.21. The van der Waals surface area contributed by atoms with Crippen LogP contribution >= 0.6 is 0 Å². The van der Waals surface area contributed by atoms with Crippen LogP contribution in [0, 0.1) is 21.3 Å². The average molecular weight is 319 g/mol. The molecule has 0 aliphatic carbocycles. The molecular formula is C11H14FN3O5S. The molecule has 0 heterocycles. The van der Waals surface area contributed by atoms with Gasteiger partial charge in [0.05, 0.1) is 15.2 Å². The number of halogens is 1. The van der Waals surface area contributed by atoms with Gasteiger partial charge in [-0.05, 0) is 19.9 Å². The molecule has 0 fully saturated rings. The highest BCUT2D eigenvalue weighted by Gasteiger charge is 2.28. The number of amides is 1. The Labute approximate surface area is 120 Å². The average Bonchev–Trinajstić information content (AvgIpc) is 2.36. The molecular weight excluding hydrogens is 305 g/mol. The number of sulfonamides is 1. The van der Waals surface area contributed by atoms with Crippen molar-refractivity contribution >= 4 is 21.6 Å². The van der Waals surface area contributed by atoms with Crippen LogP contribution in [-0.2, 0) is 14.8 Å². The summed E-state index contributed by atoms with van der Waals surface area (Å²) >= 11 is 0. The Balaban J connectivity index is 3.02. The van der Waals surface area contributed by atoms with Gasteiger partial charge in [0.25, 0.3) is 0 Å². The van der Waals surface area contributed by atoms with E-state index in [0.717, 1.165) is 12.1 Å². The van der Waals surface area contributed by atoms with Gasteiger partial charge in [-0.25, -0.2) is 13.1 Å². The molecule has 0 aliphatic heterocycles. The number of carbonyl (C=O) groups is 1. The van der Waals surface area contributed by atoms with Crippen molar-refractivity contribution in [3.63, 3.8) is 0 Å². The van der Waals surface area contributed by atoms with Crippen molar-refractivity contribution in [1.82, 2.24) is 4.72 Å². The zero-order valence-electron chi connectivity index (χ0n) is 11.3. The van der Waals surface area contributed by atoms with Crippen LogP contribution < -0.4 is 10.5 Å². The van der Waals surface area contributed by atoms with Gasteiger partial charge in [0.15, 0.2) is 0 Å². The Bertz CT molecular complexity index is 687. The van der Waals surface area contributed by atoms with E-state index in [2.05, 4.69) is 4.72 Å². The van der Waals surface area contributed by atoms with E-state index in [9.17, 15) is 27.7 Å². The zero-order chi connectivity index (χ0) is 16.4. The Morgan fingerprint density at radius 1 is 1.48 bits per heavy atom. The molecule has 1 rings (SSSR count). The van der Waals surface area contributed by atoms with E-state index in [1.54, 1.807) is 0 Å². The molecule has 1 amide bonds. The SMILES string of the molecule is CC(C)(CNS(=O)(=O)c1ccc([N+](=O)[O-])c(F)c1)C(N)=O. The number of nitrogens with zero attached hydrogens (tertiary/aromatic N) is 1. The third-order valence-corrected chi connectivity index (χ3v) is 4.20. The molecule has 0 spiro atoms. The summed E-state index contributed by atoms with van der Waals surface area (Å²) in [5.41, 5.74) is 3.15. The van der Waals surface area contributed by atoms with Crippen LogP contribution in [0.4, 0.5) is 10.1 Å². The van der Waals surface area contributed by atoms with E-state index >= 15 is 0 Å². The van der Waals surface area contributed by atoms with E-state index in [0.29, 0.717) is 6.07 Å². The molecule has 1 aromatic carbocycles. The molecule has 0 radical (unpaired) electrons. The quantitative estimate of drug-likeness (QED) is 0.582. The summed E-state index contributed by atoms with van der Waals surface area (Å²) in [6.07, 6.45) is 0. The number of nitrogens with one attached hydrogen (secondary N) is 1. The lowest BCUT2D eigenvalue weighted by atomic mass is 9.93. The minimum absolute atomic E-state index is 0.288. The third kappa shape index (κ3) is 3.95. The second-order valence-corrected chi connectivity index (χ2v) is 6.71. The Morgan fingerprint density at radius 3 is 2.48 bits per heavy atom. The van der Waals surface area contributed by atoms with Gasteiger partial charge in [-0.1, -0.05) is 0 Å². The molecule has 21 heavy (non-hydrogen) atoms. The molecule has 0 aliphatic rings. The van der Waals surface area contributed by atoms with Crippen LogP contribution in [0.1, 0.15) is 13.8 Å². The second kappa shape index (κ2) is 5.74. The largest absolute Gasteiger partial charge is 0.369 e. The normalized spacial score (nSPS) is 12.1.